The zero-order valence-electron chi connectivity index (χ0n) is 12.9. The Hall–Kier alpha value is -2.32. The highest BCUT2D eigenvalue weighted by Gasteiger charge is 2.19. The molecule has 0 bridgehead atoms. The quantitative estimate of drug-likeness (QED) is 0.567. The van der Waals surface area contributed by atoms with Gasteiger partial charge in [-0.3, -0.25) is 14.8 Å². The van der Waals surface area contributed by atoms with Crippen LogP contribution in [0.5, 0.6) is 17.4 Å². The third-order valence-electron chi connectivity index (χ3n) is 3.00. The van der Waals surface area contributed by atoms with Crippen molar-refractivity contribution >= 4 is 17.3 Å². The van der Waals surface area contributed by atoms with Gasteiger partial charge in [0.1, 0.15) is 10.8 Å². The van der Waals surface area contributed by atoms with Crippen LogP contribution in [0.25, 0.3) is 0 Å². The van der Waals surface area contributed by atoms with Crippen LogP contribution < -0.4 is 9.47 Å². The molecule has 2 rings (SSSR count). The lowest BCUT2D eigenvalue weighted by Crippen LogP contribution is -1.99. The van der Waals surface area contributed by atoms with Crippen molar-refractivity contribution < 1.29 is 19.1 Å². The minimum Gasteiger partial charge on any atom is -0.487 e. The first kappa shape index (κ1) is 17.0. The van der Waals surface area contributed by atoms with E-state index in [9.17, 15) is 10.1 Å². The van der Waals surface area contributed by atoms with Gasteiger partial charge in [-0.1, -0.05) is 11.6 Å². The lowest BCUT2D eigenvalue weighted by molar-refractivity contribution is -0.385. The molecule has 1 heterocycles. The van der Waals surface area contributed by atoms with Crippen molar-refractivity contribution in [2.75, 3.05) is 13.7 Å². The number of rotatable bonds is 7. The number of nitrogens with zero attached hydrogens (tertiary/aromatic N) is 3. The molecule has 0 atom stereocenters. The number of ether oxygens (including phenoxy) is 3. The molecule has 1 aromatic carbocycles. The van der Waals surface area contributed by atoms with Gasteiger partial charge in [0.05, 0.1) is 23.8 Å². The first-order valence-electron chi connectivity index (χ1n) is 6.77. The third kappa shape index (κ3) is 3.72. The molecule has 124 valence electrons. The predicted octanol–water partition coefficient (Wildman–Crippen LogP) is 3.32. The zero-order valence-corrected chi connectivity index (χ0v) is 13.7. The van der Waals surface area contributed by atoms with Crippen LogP contribution in [-0.2, 0) is 18.4 Å². The van der Waals surface area contributed by atoms with E-state index in [0.717, 1.165) is 0 Å². The largest absolute Gasteiger partial charge is 0.487 e. The van der Waals surface area contributed by atoms with Gasteiger partial charge in [-0.25, -0.2) is 0 Å². The van der Waals surface area contributed by atoms with Crippen molar-refractivity contribution in [2.45, 2.75) is 13.5 Å². The van der Waals surface area contributed by atoms with Crippen molar-refractivity contribution in [3.05, 3.63) is 39.0 Å². The maximum absolute atomic E-state index is 11.0. The minimum atomic E-state index is -0.515. The summed E-state index contributed by atoms with van der Waals surface area (Å²) in [5.74, 6) is 0.653. The van der Waals surface area contributed by atoms with E-state index in [1.54, 1.807) is 25.8 Å². The highest BCUT2D eigenvalue weighted by atomic mass is 35.5. The van der Waals surface area contributed by atoms with Crippen LogP contribution in [0.15, 0.2) is 18.2 Å². The van der Waals surface area contributed by atoms with Crippen LogP contribution in [0.1, 0.15) is 12.6 Å². The van der Waals surface area contributed by atoms with Crippen LogP contribution in [0.3, 0.4) is 0 Å². The number of nitro benzene ring substituents is 1. The zero-order chi connectivity index (χ0) is 17.0. The molecule has 0 aliphatic carbocycles. The first-order chi connectivity index (χ1) is 11.0. The molecule has 0 aliphatic heterocycles. The van der Waals surface area contributed by atoms with E-state index in [1.165, 1.54) is 18.2 Å². The fourth-order valence-corrected chi connectivity index (χ4v) is 2.21. The highest BCUT2D eigenvalue weighted by molar-refractivity contribution is 6.32. The Morgan fingerprint density at radius 1 is 1.43 bits per heavy atom. The van der Waals surface area contributed by atoms with Gasteiger partial charge in [0.25, 0.3) is 5.88 Å². The van der Waals surface area contributed by atoms with E-state index >= 15 is 0 Å². The van der Waals surface area contributed by atoms with Gasteiger partial charge in [0.2, 0.25) is 5.75 Å². The maximum Gasteiger partial charge on any atom is 0.311 e. The Bertz CT molecular complexity index is 717. The molecule has 8 nitrogen and oxygen atoms in total. The van der Waals surface area contributed by atoms with E-state index in [2.05, 4.69) is 5.10 Å². The smallest absolute Gasteiger partial charge is 0.311 e. The lowest BCUT2D eigenvalue weighted by Gasteiger charge is -2.07. The average Bonchev–Trinajstić information content (AvgIpc) is 2.75. The summed E-state index contributed by atoms with van der Waals surface area (Å²) in [6.45, 7) is 2.33. The fraction of sp³-hybridized carbons (Fsp3) is 0.357. The van der Waals surface area contributed by atoms with Crippen LogP contribution in [0, 0.1) is 10.1 Å². The van der Waals surface area contributed by atoms with Crippen LogP contribution in [0.4, 0.5) is 5.69 Å². The van der Waals surface area contributed by atoms with Crippen LogP contribution >= 0.6 is 11.6 Å². The van der Waals surface area contributed by atoms with Gasteiger partial charge in [-0.05, 0) is 13.0 Å². The molecule has 0 saturated carbocycles. The van der Waals surface area contributed by atoms with E-state index < -0.39 is 4.92 Å². The second-order valence-electron chi connectivity index (χ2n) is 4.54. The summed E-state index contributed by atoms with van der Waals surface area (Å²) in [5, 5.41) is 15.5. The number of benzene rings is 1. The average molecular weight is 342 g/mol. The number of halogens is 1. The molecular weight excluding hydrogens is 326 g/mol. The van der Waals surface area contributed by atoms with Crippen molar-refractivity contribution in [2.24, 2.45) is 7.05 Å². The molecule has 0 radical (unpaired) electrons. The van der Waals surface area contributed by atoms with E-state index in [1.807, 2.05) is 0 Å². The van der Waals surface area contributed by atoms with Crippen molar-refractivity contribution in [1.29, 1.82) is 0 Å². The summed E-state index contributed by atoms with van der Waals surface area (Å²) in [6.07, 6.45) is 0. The Labute approximate surface area is 137 Å². The molecule has 0 fully saturated rings. The van der Waals surface area contributed by atoms with Gasteiger partial charge in [0, 0.05) is 26.3 Å². The van der Waals surface area contributed by atoms with E-state index in [4.69, 9.17) is 25.8 Å². The molecule has 0 aliphatic rings. The fourth-order valence-electron chi connectivity index (χ4n) is 1.96. The molecule has 0 amide bonds. The van der Waals surface area contributed by atoms with Crippen molar-refractivity contribution in [3.8, 4) is 17.4 Å². The minimum absolute atomic E-state index is 0.124. The Morgan fingerprint density at radius 3 is 2.78 bits per heavy atom. The third-order valence-corrected chi connectivity index (χ3v) is 3.38. The summed E-state index contributed by atoms with van der Waals surface area (Å²) >= 11 is 6.21. The molecule has 0 spiro atoms. The predicted molar refractivity (Wildman–Crippen MR) is 83.3 cm³/mol. The molecule has 23 heavy (non-hydrogen) atoms. The van der Waals surface area contributed by atoms with Crippen LogP contribution in [0.2, 0.25) is 5.02 Å². The van der Waals surface area contributed by atoms with Gasteiger partial charge in [0.15, 0.2) is 0 Å². The highest BCUT2D eigenvalue weighted by Crippen LogP contribution is 2.36. The molecule has 1 aromatic heterocycles. The van der Waals surface area contributed by atoms with Crippen molar-refractivity contribution in [1.82, 2.24) is 9.78 Å². The maximum atomic E-state index is 11.0. The number of nitro groups is 1. The number of aromatic nitrogens is 2. The van der Waals surface area contributed by atoms with Crippen LogP contribution in [-0.4, -0.2) is 28.4 Å². The van der Waals surface area contributed by atoms with E-state index in [-0.39, 0.29) is 23.9 Å². The second kappa shape index (κ2) is 7.30. The lowest BCUT2D eigenvalue weighted by atomic mass is 10.3. The molecule has 0 saturated heterocycles. The Morgan fingerprint density at radius 2 is 2.17 bits per heavy atom. The topological polar surface area (TPSA) is 88.7 Å². The van der Waals surface area contributed by atoms with Gasteiger partial charge in [-0.2, -0.15) is 0 Å². The van der Waals surface area contributed by atoms with Crippen molar-refractivity contribution in [3.63, 3.8) is 0 Å². The summed E-state index contributed by atoms with van der Waals surface area (Å²) in [7, 11) is 3.27. The normalized spacial score (nSPS) is 10.6. The summed E-state index contributed by atoms with van der Waals surface area (Å²) in [4.78, 5) is 10.5. The SMILES string of the molecule is CCOc1cc(Oc2nn(C)c(COC)c2Cl)ccc1[N+](=O)[O-]. The monoisotopic (exact) mass is 341 g/mol. The molecule has 9 heteroatoms. The number of methoxy groups -OCH3 is 1. The van der Waals surface area contributed by atoms with Gasteiger partial charge < -0.3 is 14.2 Å². The number of hydrogen-bond donors (Lipinski definition) is 0. The molecule has 0 unspecified atom stereocenters. The van der Waals surface area contributed by atoms with Gasteiger partial charge in [-0.15, -0.1) is 5.10 Å². The molecular formula is C14H16ClN3O5. The number of aryl methyl sites for hydroxylation is 1. The number of hydrogen-bond acceptors (Lipinski definition) is 6. The second-order valence-corrected chi connectivity index (χ2v) is 4.92. The molecule has 2 aromatic rings. The Balaban J connectivity index is 2.32. The summed E-state index contributed by atoms with van der Waals surface area (Å²) in [5.41, 5.74) is 0.530. The van der Waals surface area contributed by atoms with Gasteiger partial charge >= 0.3 is 5.69 Å². The van der Waals surface area contributed by atoms with E-state index in [0.29, 0.717) is 23.1 Å². The Kier molecular flexibility index (Phi) is 5.41. The first-order valence-corrected chi connectivity index (χ1v) is 7.15. The molecule has 0 N–H and O–H groups in total. The summed E-state index contributed by atoms with van der Waals surface area (Å²) < 4.78 is 17.5. The standard InChI is InChI=1S/C14H16ClN3O5/c1-4-22-12-7-9(5-6-10(12)18(19)20)23-14-13(15)11(8-21-3)17(2)16-14/h5-7H,4,8H2,1-3H3. The summed E-state index contributed by atoms with van der Waals surface area (Å²) in [6, 6.07) is 4.21.